The van der Waals surface area contributed by atoms with Crippen LogP contribution in [0.2, 0.25) is 0 Å². The zero-order valence-electron chi connectivity index (χ0n) is 11.2. The number of benzene rings is 2. The molecule has 0 atom stereocenters. The molecule has 110 valence electrons. The molecule has 5 nitrogen and oxygen atoms in total. The van der Waals surface area contributed by atoms with Gasteiger partial charge in [-0.25, -0.2) is 13.6 Å². The Morgan fingerprint density at radius 1 is 1.05 bits per heavy atom. The van der Waals surface area contributed by atoms with Crippen LogP contribution in [0.4, 0.5) is 5.69 Å². The number of nitrogens with zero attached hydrogens (tertiary/aromatic N) is 1. The second kappa shape index (κ2) is 5.97. The second-order valence-electron chi connectivity index (χ2n) is 4.41. The van der Waals surface area contributed by atoms with Gasteiger partial charge in [0.25, 0.3) is 5.91 Å². The summed E-state index contributed by atoms with van der Waals surface area (Å²) in [6.45, 7) is 0. The van der Waals surface area contributed by atoms with Gasteiger partial charge in [-0.15, -0.1) is 0 Å². The van der Waals surface area contributed by atoms with Gasteiger partial charge >= 0.3 is 0 Å². The number of hydrogen-bond acceptors (Lipinski definition) is 3. The van der Waals surface area contributed by atoms with E-state index in [1.807, 2.05) is 0 Å². The van der Waals surface area contributed by atoms with E-state index in [1.165, 1.54) is 29.2 Å². The fourth-order valence-electron chi connectivity index (χ4n) is 1.76. The number of nitrogens with two attached hydrogens (primary N) is 1. The third-order valence-corrected chi connectivity index (χ3v) is 4.41. The number of carbonyl (C=O) groups excluding carboxylic acids is 1. The first kappa shape index (κ1) is 15.7. The highest BCUT2D eigenvalue weighted by atomic mass is 79.9. The molecule has 0 radical (unpaired) electrons. The quantitative estimate of drug-likeness (QED) is 0.902. The van der Waals surface area contributed by atoms with Gasteiger partial charge in [-0.1, -0.05) is 15.9 Å². The van der Waals surface area contributed by atoms with E-state index in [0.29, 0.717) is 11.3 Å². The first-order valence-corrected chi connectivity index (χ1v) is 8.29. The Balaban J connectivity index is 2.25. The molecule has 0 aliphatic rings. The molecule has 21 heavy (non-hydrogen) atoms. The number of amides is 1. The summed E-state index contributed by atoms with van der Waals surface area (Å²) < 4.78 is 23.3. The van der Waals surface area contributed by atoms with Crippen LogP contribution in [0.5, 0.6) is 0 Å². The molecule has 0 bridgehead atoms. The number of sulfonamides is 1. The summed E-state index contributed by atoms with van der Waals surface area (Å²) in [6, 6.07) is 12.8. The van der Waals surface area contributed by atoms with Crippen LogP contribution in [0.3, 0.4) is 0 Å². The van der Waals surface area contributed by atoms with Gasteiger partial charge in [0.1, 0.15) is 0 Å². The molecular formula is C14H13BrN2O3S. The molecule has 0 unspecified atom stereocenters. The maximum atomic E-state index is 12.3. The average Bonchev–Trinajstić information content (AvgIpc) is 2.46. The lowest BCUT2D eigenvalue weighted by Crippen LogP contribution is -2.26. The Kier molecular flexibility index (Phi) is 4.46. The Morgan fingerprint density at radius 2 is 1.57 bits per heavy atom. The maximum Gasteiger partial charge on any atom is 0.258 e. The van der Waals surface area contributed by atoms with Crippen molar-refractivity contribution in [2.75, 3.05) is 11.9 Å². The molecule has 7 heteroatoms. The Hall–Kier alpha value is -1.70. The zero-order chi connectivity index (χ0) is 15.6. The van der Waals surface area contributed by atoms with Gasteiger partial charge in [0.15, 0.2) is 0 Å². The predicted octanol–water partition coefficient (Wildman–Crippen LogP) is 2.37. The van der Waals surface area contributed by atoms with Crippen LogP contribution in [0.15, 0.2) is 57.9 Å². The molecule has 0 fully saturated rings. The van der Waals surface area contributed by atoms with Gasteiger partial charge < -0.3 is 4.90 Å². The summed E-state index contributed by atoms with van der Waals surface area (Å²) in [5, 5.41) is 5.04. The molecule has 0 heterocycles. The van der Waals surface area contributed by atoms with Crippen LogP contribution in [0.1, 0.15) is 10.4 Å². The van der Waals surface area contributed by atoms with Crippen molar-refractivity contribution in [2.45, 2.75) is 4.90 Å². The van der Waals surface area contributed by atoms with E-state index in [-0.39, 0.29) is 10.8 Å². The zero-order valence-corrected chi connectivity index (χ0v) is 13.6. The molecule has 0 saturated heterocycles. The SMILES string of the molecule is CN(C(=O)c1ccc(Br)cc1)c1ccc(S(N)(=O)=O)cc1. The van der Waals surface area contributed by atoms with Gasteiger partial charge in [-0.05, 0) is 48.5 Å². The molecular weight excluding hydrogens is 356 g/mol. The van der Waals surface area contributed by atoms with Crippen molar-refractivity contribution in [3.8, 4) is 0 Å². The Morgan fingerprint density at radius 3 is 2.05 bits per heavy atom. The number of halogens is 1. The van der Waals surface area contributed by atoms with E-state index in [2.05, 4.69) is 15.9 Å². The third kappa shape index (κ3) is 3.69. The minimum absolute atomic E-state index is 0.00995. The van der Waals surface area contributed by atoms with E-state index in [9.17, 15) is 13.2 Å². The lowest BCUT2D eigenvalue weighted by Gasteiger charge is -2.17. The average molecular weight is 369 g/mol. The minimum Gasteiger partial charge on any atom is -0.311 e. The highest BCUT2D eigenvalue weighted by Crippen LogP contribution is 2.19. The van der Waals surface area contributed by atoms with E-state index >= 15 is 0 Å². The van der Waals surface area contributed by atoms with Crippen molar-refractivity contribution in [1.82, 2.24) is 0 Å². The maximum absolute atomic E-state index is 12.3. The van der Waals surface area contributed by atoms with E-state index in [4.69, 9.17) is 5.14 Å². The highest BCUT2D eigenvalue weighted by molar-refractivity contribution is 9.10. The number of hydrogen-bond donors (Lipinski definition) is 1. The summed E-state index contributed by atoms with van der Waals surface area (Å²) in [5.41, 5.74) is 1.12. The molecule has 2 N–H and O–H groups in total. The van der Waals surface area contributed by atoms with Gasteiger partial charge in [0.2, 0.25) is 10.0 Å². The van der Waals surface area contributed by atoms with Crippen LogP contribution < -0.4 is 10.0 Å². The Labute approximate surface area is 131 Å². The van der Waals surface area contributed by atoms with Crippen molar-refractivity contribution in [2.24, 2.45) is 5.14 Å². The van der Waals surface area contributed by atoms with E-state index in [0.717, 1.165) is 4.47 Å². The topological polar surface area (TPSA) is 80.5 Å². The molecule has 2 aromatic rings. The van der Waals surface area contributed by atoms with Crippen molar-refractivity contribution in [3.05, 3.63) is 58.6 Å². The molecule has 2 rings (SSSR count). The summed E-state index contributed by atoms with van der Waals surface area (Å²) in [7, 11) is -2.11. The Bertz CT molecular complexity index is 756. The smallest absolute Gasteiger partial charge is 0.258 e. The van der Waals surface area contributed by atoms with E-state index in [1.54, 1.807) is 31.3 Å². The van der Waals surface area contributed by atoms with Crippen molar-refractivity contribution in [3.63, 3.8) is 0 Å². The summed E-state index contributed by atoms with van der Waals surface area (Å²) in [4.78, 5) is 13.8. The van der Waals surface area contributed by atoms with Gasteiger partial charge in [0, 0.05) is 22.8 Å². The summed E-state index contributed by atoms with van der Waals surface area (Å²) >= 11 is 3.31. The monoisotopic (exact) mass is 368 g/mol. The summed E-state index contributed by atoms with van der Waals surface area (Å²) in [5.74, 6) is -0.189. The number of carbonyl (C=O) groups is 1. The largest absolute Gasteiger partial charge is 0.311 e. The van der Waals surface area contributed by atoms with Crippen molar-refractivity contribution in [1.29, 1.82) is 0 Å². The minimum atomic E-state index is -3.73. The van der Waals surface area contributed by atoms with Gasteiger partial charge in [-0.2, -0.15) is 0 Å². The number of anilines is 1. The standard InChI is InChI=1S/C14H13BrN2O3S/c1-17(14(18)10-2-4-11(15)5-3-10)12-6-8-13(9-7-12)21(16,19)20/h2-9H,1H3,(H2,16,19,20). The molecule has 0 aromatic heterocycles. The lowest BCUT2D eigenvalue weighted by molar-refractivity contribution is 0.0993. The van der Waals surface area contributed by atoms with Crippen LogP contribution in [0, 0.1) is 0 Å². The summed E-state index contributed by atoms with van der Waals surface area (Å²) in [6.07, 6.45) is 0. The van der Waals surface area contributed by atoms with Crippen LogP contribution in [-0.2, 0) is 10.0 Å². The molecule has 0 aliphatic carbocycles. The normalized spacial score (nSPS) is 11.2. The highest BCUT2D eigenvalue weighted by Gasteiger charge is 2.14. The number of primary sulfonamides is 1. The molecule has 0 saturated carbocycles. The van der Waals surface area contributed by atoms with Gasteiger partial charge in [-0.3, -0.25) is 4.79 Å². The van der Waals surface area contributed by atoms with Crippen LogP contribution >= 0.6 is 15.9 Å². The lowest BCUT2D eigenvalue weighted by atomic mass is 10.2. The molecule has 1 amide bonds. The van der Waals surface area contributed by atoms with Crippen LogP contribution in [-0.4, -0.2) is 21.4 Å². The molecule has 2 aromatic carbocycles. The fourth-order valence-corrected chi connectivity index (χ4v) is 2.54. The van der Waals surface area contributed by atoms with Crippen molar-refractivity contribution >= 4 is 37.5 Å². The van der Waals surface area contributed by atoms with Crippen LogP contribution in [0.25, 0.3) is 0 Å². The molecule has 0 aliphatic heterocycles. The predicted molar refractivity (Wildman–Crippen MR) is 84.7 cm³/mol. The number of rotatable bonds is 3. The molecule has 0 spiro atoms. The first-order valence-electron chi connectivity index (χ1n) is 5.95. The fraction of sp³-hybridized carbons (Fsp3) is 0.0714. The van der Waals surface area contributed by atoms with Crippen molar-refractivity contribution < 1.29 is 13.2 Å². The second-order valence-corrected chi connectivity index (χ2v) is 6.89. The third-order valence-electron chi connectivity index (χ3n) is 2.95. The van der Waals surface area contributed by atoms with E-state index < -0.39 is 10.0 Å². The van der Waals surface area contributed by atoms with Gasteiger partial charge in [0.05, 0.1) is 4.90 Å². The first-order chi connectivity index (χ1) is 9.79.